The Bertz CT molecular complexity index is 568. The molecule has 0 bridgehead atoms. The fourth-order valence-corrected chi connectivity index (χ4v) is 2.96. The second-order valence-electron chi connectivity index (χ2n) is 5.19. The zero-order valence-electron chi connectivity index (χ0n) is 11.6. The topological polar surface area (TPSA) is 58.6 Å². The van der Waals surface area contributed by atoms with E-state index >= 15 is 0 Å². The molecule has 2 aliphatic rings. The Morgan fingerprint density at radius 1 is 1.30 bits per heavy atom. The van der Waals surface area contributed by atoms with Crippen LogP contribution in [0.1, 0.15) is 27.9 Å². The minimum Gasteiger partial charge on any atom is -0.383 e. The van der Waals surface area contributed by atoms with E-state index in [0.717, 1.165) is 36.2 Å². The number of rotatable bonds is 4. The third-order valence-electron chi connectivity index (χ3n) is 3.91. The van der Waals surface area contributed by atoms with Gasteiger partial charge in [0, 0.05) is 32.2 Å². The maximum absolute atomic E-state index is 12.1. The van der Waals surface area contributed by atoms with Gasteiger partial charge in [-0.3, -0.25) is 9.59 Å². The molecule has 1 aromatic rings. The van der Waals surface area contributed by atoms with Crippen molar-refractivity contribution in [3.05, 3.63) is 28.8 Å². The molecule has 1 N–H and O–H groups in total. The fraction of sp³-hybridized carbons (Fsp3) is 0.467. The number of hydrogen-bond acceptors (Lipinski definition) is 3. The largest absolute Gasteiger partial charge is 0.383 e. The fourth-order valence-electron chi connectivity index (χ4n) is 2.96. The van der Waals surface area contributed by atoms with E-state index in [2.05, 4.69) is 5.32 Å². The monoisotopic (exact) mass is 274 g/mol. The quantitative estimate of drug-likeness (QED) is 0.830. The first-order valence-corrected chi connectivity index (χ1v) is 6.94. The van der Waals surface area contributed by atoms with Gasteiger partial charge in [0.2, 0.25) is 5.91 Å². The normalized spacial score (nSPS) is 16.2. The summed E-state index contributed by atoms with van der Waals surface area (Å²) in [6.07, 6.45) is 2.12. The molecule has 2 aliphatic heterocycles. The van der Waals surface area contributed by atoms with Gasteiger partial charge in [-0.05, 0) is 36.1 Å². The van der Waals surface area contributed by atoms with E-state index < -0.39 is 0 Å². The van der Waals surface area contributed by atoms with Crippen LogP contribution >= 0.6 is 0 Å². The number of amides is 2. The number of benzene rings is 1. The highest BCUT2D eigenvalue weighted by Crippen LogP contribution is 2.37. The first kappa shape index (κ1) is 13.1. The molecule has 0 aliphatic carbocycles. The standard InChI is InChI=1S/C15H18N2O3/c1-20-7-5-16-15(19)12-8-10-2-3-13(18)17-6-4-11(9-12)14(10)17/h8-9H,2-7H2,1H3,(H,16,19). The van der Waals surface area contributed by atoms with E-state index in [-0.39, 0.29) is 11.8 Å². The van der Waals surface area contributed by atoms with Crippen LogP contribution in [0.15, 0.2) is 12.1 Å². The van der Waals surface area contributed by atoms with Crippen molar-refractivity contribution >= 4 is 17.5 Å². The summed E-state index contributed by atoms with van der Waals surface area (Å²) in [7, 11) is 1.61. The lowest BCUT2D eigenvalue weighted by Crippen LogP contribution is -2.33. The van der Waals surface area contributed by atoms with E-state index in [1.807, 2.05) is 17.0 Å². The van der Waals surface area contributed by atoms with Gasteiger partial charge in [-0.25, -0.2) is 0 Å². The molecule has 5 nitrogen and oxygen atoms in total. The molecule has 106 valence electrons. The van der Waals surface area contributed by atoms with Gasteiger partial charge < -0.3 is 15.0 Å². The SMILES string of the molecule is COCCNC(=O)c1cc2c3c(c1)CCN3C(=O)CC2. The van der Waals surface area contributed by atoms with Crippen molar-refractivity contribution in [3.63, 3.8) is 0 Å². The van der Waals surface area contributed by atoms with E-state index in [9.17, 15) is 9.59 Å². The Balaban J connectivity index is 1.86. The Hall–Kier alpha value is -1.88. The Labute approximate surface area is 117 Å². The number of carbonyl (C=O) groups is 2. The van der Waals surface area contributed by atoms with Crippen LogP contribution < -0.4 is 10.2 Å². The maximum atomic E-state index is 12.1. The number of nitrogens with one attached hydrogen (secondary N) is 1. The third kappa shape index (κ3) is 2.18. The van der Waals surface area contributed by atoms with Gasteiger partial charge in [-0.15, -0.1) is 0 Å². The summed E-state index contributed by atoms with van der Waals surface area (Å²) in [5, 5.41) is 2.84. The molecular weight excluding hydrogens is 256 g/mol. The summed E-state index contributed by atoms with van der Waals surface area (Å²) < 4.78 is 4.92. The summed E-state index contributed by atoms with van der Waals surface area (Å²) in [5.41, 5.74) is 3.98. The van der Waals surface area contributed by atoms with Crippen LogP contribution in [0.3, 0.4) is 0 Å². The molecule has 0 spiro atoms. The lowest BCUT2D eigenvalue weighted by atomic mass is 9.96. The molecule has 2 amide bonds. The molecular formula is C15H18N2O3. The highest BCUT2D eigenvalue weighted by Gasteiger charge is 2.31. The van der Waals surface area contributed by atoms with Crippen molar-refractivity contribution in [1.29, 1.82) is 0 Å². The van der Waals surface area contributed by atoms with Crippen LogP contribution in [0.25, 0.3) is 0 Å². The van der Waals surface area contributed by atoms with Gasteiger partial charge in [-0.2, -0.15) is 0 Å². The average molecular weight is 274 g/mol. The molecule has 5 heteroatoms. The molecule has 0 aromatic heterocycles. The number of methoxy groups -OCH3 is 1. The molecule has 2 heterocycles. The highest BCUT2D eigenvalue weighted by atomic mass is 16.5. The smallest absolute Gasteiger partial charge is 0.251 e. The van der Waals surface area contributed by atoms with Gasteiger partial charge in [0.05, 0.1) is 12.3 Å². The highest BCUT2D eigenvalue weighted by molar-refractivity contribution is 6.01. The maximum Gasteiger partial charge on any atom is 0.251 e. The summed E-state index contributed by atoms with van der Waals surface area (Å²) in [4.78, 5) is 25.8. The van der Waals surface area contributed by atoms with Crippen molar-refractivity contribution in [2.45, 2.75) is 19.3 Å². The number of hydrogen-bond donors (Lipinski definition) is 1. The summed E-state index contributed by atoms with van der Waals surface area (Å²) in [6.45, 7) is 1.76. The summed E-state index contributed by atoms with van der Waals surface area (Å²) in [6, 6.07) is 3.84. The van der Waals surface area contributed by atoms with Crippen LogP contribution in [0.2, 0.25) is 0 Å². The Kier molecular flexibility index (Phi) is 3.44. The predicted molar refractivity (Wildman–Crippen MR) is 75.0 cm³/mol. The van der Waals surface area contributed by atoms with Gasteiger partial charge in [0.25, 0.3) is 5.91 Å². The number of nitrogens with zero attached hydrogens (tertiary/aromatic N) is 1. The predicted octanol–water partition coefficient (Wildman–Crippen LogP) is 0.898. The Morgan fingerprint density at radius 3 is 2.80 bits per heavy atom. The summed E-state index contributed by atoms with van der Waals surface area (Å²) >= 11 is 0. The van der Waals surface area contributed by atoms with Crippen LogP contribution in [-0.2, 0) is 22.4 Å². The molecule has 0 saturated heterocycles. The number of ether oxygens (including phenoxy) is 1. The van der Waals surface area contributed by atoms with Gasteiger partial charge in [0.15, 0.2) is 0 Å². The molecule has 0 fully saturated rings. The van der Waals surface area contributed by atoms with Gasteiger partial charge in [-0.1, -0.05) is 0 Å². The minimum absolute atomic E-state index is 0.0727. The van der Waals surface area contributed by atoms with Crippen LogP contribution in [-0.4, -0.2) is 38.6 Å². The summed E-state index contributed by atoms with van der Waals surface area (Å²) in [5.74, 6) is 0.130. The molecule has 20 heavy (non-hydrogen) atoms. The van der Waals surface area contributed by atoms with E-state index in [0.29, 0.717) is 25.1 Å². The molecule has 0 unspecified atom stereocenters. The molecule has 1 aromatic carbocycles. The van der Waals surface area contributed by atoms with Crippen LogP contribution in [0.5, 0.6) is 0 Å². The van der Waals surface area contributed by atoms with Crippen molar-refractivity contribution in [1.82, 2.24) is 5.32 Å². The van der Waals surface area contributed by atoms with Crippen molar-refractivity contribution in [2.24, 2.45) is 0 Å². The Morgan fingerprint density at radius 2 is 2.05 bits per heavy atom. The first-order chi connectivity index (χ1) is 9.70. The lowest BCUT2D eigenvalue weighted by molar-refractivity contribution is -0.118. The number of aryl methyl sites for hydroxylation is 1. The second kappa shape index (κ2) is 5.25. The molecule has 3 rings (SSSR count). The number of anilines is 1. The minimum atomic E-state index is -0.0727. The average Bonchev–Trinajstić information content (AvgIpc) is 2.88. The van der Waals surface area contributed by atoms with Gasteiger partial charge in [0.1, 0.15) is 0 Å². The van der Waals surface area contributed by atoms with E-state index in [1.54, 1.807) is 7.11 Å². The molecule has 0 saturated carbocycles. The first-order valence-electron chi connectivity index (χ1n) is 6.94. The number of carbonyl (C=O) groups excluding carboxylic acids is 2. The van der Waals surface area contributed by atoms with Crippen LogP contribution in [0.4, 0.5) is 5.69 Å². The zero-order valence-corrected chi connectivity index (χ0v) is 11.6. The van der Waals surface area contributed by atoms with Gasteiger partial charge >= 0.3 is 0 Å². The second-order valence-corrected chi connectivity index (χ2v) is 5.19. The molecule has 0 atom stereocenters. The van der Waals surface area contributed by atoms with Crippen molar-refractivity contribution in [2.75, 3.05) is 31.7 Å². The van der Waals surface area contributed by atoms with Crippen molar-refractivity contribution < 1.29 is 14.3 Å². The lowest BCUT2D eigenvalue weighted by Gasteiger charge is -2.25. The third-order valence-corrected chi connectivity index (χ3v) is 3.91. The molecule has 0 radical (unpaired) electrons. The van der Waals surface area contributed by atoms with E-state index in [1.165, 1.54) is 0 Å². The van der Waals surface area contributed by atoms with Crippen molar-refractivity contribution in [3.8, 4) is 0 Å². The van der Waals surface area contributed by atoms with E-state index in [4.69, 9.17) is 4.74 Å². The van der Waals surface area contributed by atoms with Crippen LogP contribution in [0, 0.1) is 0 Å². The zero-order chi connectivity index (χ0) is 14.1.